The largest absolute Gasteiger partial charge is 0.381 e. The summed E-state index contributed by atoms with van der Waals surface area (Å²) in [5.74, 6) is 0.577. The van der Waals surface area contributed by atoms with Gasteiger partial charge in [-0.25, -0.2) is 4.98 Å². The molecule has 3 rings (SSSR count). The van der Waals surface area contributed by atoms with E-state index >= 15 is 0 Å². The van der Waals surface area contributed by atoms with E-state index in [1.54, 1.807) is 0 Å². The minimum Gasteiger partial charge on any atom is -0.381 e. The van der Waals surface area contributed by atoms with Gasteiger partial charge in [-0.15, -0.1) is 0 Å². The molecule has 3 heteroatoms. The third kappa shape index (κ3) is 1.61. The molecule has 0 N–H and O–H groups in total. The molecule has 16 heavy (non-hydrogen) atoms. The highest BCUT2D eigenvalue weighted by molar-refractivity contribution is 5.48. The second-order valence-corrected chi connectivity index (χ2v) is 4.47. The van der Waals surface area contributed by atoms with Gasteiger partial charge in [-0.2, -0.15) is 0 Å². The van der Waals surface area contributed by atoms with E-state index in [9.17, 15) is 0 Å². The number of aromatic nitrogens is 2. The van der Waals surface area contributed by atoms with Crippen molar-refractivity contribution in [3.05, 3.63) is 35.8 Å². The van der Waals surface area contributed by atoms with E-state index in [1.807, 2.05) is 0 Å². The monoisotopic (exact) mass is 216 g/mol. The summed E-state index contributed by atoms with van der Waals surface area (Å²) in [6, 6.07) is 4.17. The molecule has 1 fully saturated rings. The summed E-state index contributed by atoms with van der Waals surface area (Å²) in [7, 11) is 0. The number of rotatable bonds is 1. The highest BCUT2D eigenvalue weighted by Gasteiger charge is 2.18. The molecule has 1 saturated heterocycles. The summed E-state index contributed by atoms with van der Waals surface area (Å²) in [5, 5.41) is 0. The van der Waals surface area contributed by atoms with E-state index in [-0.39, 0.29) is 0 Å². The Morgan fingerprint density at radius 2 is 2.19 bits per heavy atom. The number of imidazole rings is 1. The van der Waals surface area contributed by atoms with Crippen LogP contribution in [-0.4, -0.2) is 22.6 Å². The number of ether oxygens (including phenoxy) is 1. The first-order chi connectivity index (χ1) is 7.84. The maximum atomic E-state index is 5.38. The molecule has 3 nitrogen and oxygen atoms in total. The SMILES string of the molecule is Cc1cccn2cc(C3CCOCC3)nc12. The first-order valence-corrected chi connectivity index (χ1v) is 5.86. The van der Waals surface area contributed by atoms with Gasteiger partial charge in [-0.3, -0.25) is 0 Å². The van der Waals surface area contributed by atoms with Crippen LogP contribution in [0.2, 0.25) is 0 Å². The number of pyridine rings is 1. The molecule has 0 aliphatic carbocycles. The van der Waals surface area contributed by atoms with Crippen LogP contribution in [0.25, 0.3) is 5.65 Å². The molecule has 0 saturated carbocycles. The molecular formula is C13H16N2O. The molecule has 3 heterocycles. The van der Waals surface area contributed by atoms with Crippen LogP contribution in [0, 0.1) is 6.92 Å². The Bertz CT molecular complexity index is 498. The number of hydrogen-bond acceptors (Lipinski definition) is 2. The van der Waals surface area contributed by atoms with Gasteiger partial charge in [0, 0.05) is 31.5 Å². The van der Waals surface area contributed by atoms with Crippen LogP contribution in [-0.2, 0) is 4.74 Å². The molecule has 1 aliphatic heterocycles. The fraction of sp³-hybridized carbons (Fsp3) is 0.462. The van der Waals surface area contributed by atoms with Crippen LogP contribution in [0.4, 0.5) is 0 Å². The lowest BCUT2D eigenvalue weighted by Crippen LogP contribution is -2.14. The molecule has 0 bridgehead atoms. The van der Waals surface area contributed by atoms with Crippen molar-refractivity contribution in [1.82, 2.24) is 9.38 Å². The Balaban J connectivity index is 2.01. The van der Waals surface area contributed by atoms with Crippen molar-refractivity contribution in [2.75, 3.05) is 13.2 Å². The lowest BCUT2D eigenvalue weighted by Gasteiger charge is -2.19. The topological polar surface area (TPSA) is 26.5 Å². The molecule has 0 unspecified atom stereocenters. The first-order valence-electron chi connectivity index (χ1n) is 5.86. The molecule has 2 aromatic heterocycles. The van der Waals surface area contributed by atoms with Gasteiger partial charge in [-0.1, -0.05) is 6.07 Å². The second kappa shape index (κ2) is 3.91. The number of hydrogen-bond donors (Lipinski definition) is 0. The minimum absolute atomic E-state index is 0.577. The van der Waals surface area contributed by atoms with Crippen LogP contribution in [0.1, 0.15) is 30.0 Å². The van der Waals surface area contributed by atoms with Crippen LogP contribution < -0.4 is 0 Å². The zero-order valence-corrected chi connectivity index (χ0v) is 9.52. The van der Waals surface area contributed by atoms with E-state index in [4.69, 9.17) is 9.72 Å². The molecule has 0 amide bonds. The molecule has 2 aromatic rings. The van der Waals surface area contributed by atoms with Crippen molar-refractivity contribution in [1.29, 1.82) is 0 Å². The predicted molar refractivity (Wildman–Crippen MR) is 62.7 cm³/mol. The Morgan fingerprint density at radius 3 is 2.94 bits per heavy atom. The van der Waals surface area contributed by atoms with E-state index in [0.717, 1.165) is 31.7 Å². The van der Waals surface area contributed by atoms with Crippen molar-refractivity contribution in [2.45, 2.75) is 25.7 Å². The Morgan fingerprint density at radius 1 is 1.38 bits per heavy atom. The highest BCUT2D eigenvalue weighted by atomic mass is 16.5. The number of nitrogens with zero attached hydrogens (tertiary/aromatic N) is 2. The minimum atomic E-state index is 0.577. The number of aryl methyl sites for hydroxylation is 1. The second-order valence-electron chi connectivity index (χ2n) is 4.47. The quantitative estimate of drug-likeness (QED) is 0.732. The smallest absolute Gasteiger partial charge is 0.139 e. The van der Waals surface area contributed by atoms with Crippen molar-refractivity contribution in [3.8, 4) is 0 Å². The number of fused-ring (bicyclic) bond motifs is 1. The first kappa shape index (κ1) is 9.85. The van der Waals surface area contributed by atoms with Gasteiger partial charge in [0.05, 0.1) is 5.69 Å². The third-order valence-electron chi connectivity index (χ3n) is 3.34. The van der Waals surface area contributed by atoms with Crippen molar-refractivity contribution >= 4 is 5.65 Å². The van der Waals surface area contributed by atoms with Crippen molar-refractivity contribution in [2.24, 2.45) is 0 Å². The van der Waals surface area contributed by atoms with Crippen molar-refractivity contribution < 1.29 is 4.74 Å². The normalized spacial score (nSPS) is 18.1. The molecule has 1 aliphatic rings. The average Bonchev–Trinajstić information content (AvgIpc) is 2.76. The molecule has 0 spiro atoms. The summed E-state index contributed by atoms with van der Waals surface area (Å²) in [5.41, 5.74) is 3.54. The predicted octanol–water partition coefficient (Wildman–Crippen LogP) is 2.54. The van der Waals surface area contributed by atoms with Gasteiger partial charge in [0.1, 0.15) is 5.65 Å². The van der Waals surface area contributed by atoms with E-state index in [0.29, 0.717) is 5.92 Å². The summed E-state index contributed by atoms with van der Waals surface area (Å²) >= 11 is 0. The van der Waals surface area contributed by atoms with Gasteiger partial charge in [0.25, 0.3) is 0 Å². The van der Waals surface area contributed by atoms with Gasteiger partial charge >= 0.3 is 0 Å². The fourth-order valence-electron chi connectivity index (χ4n) is 2.36. The lowest BCUT2D eigenvalue weighted by atomic mass is 9.97. The molecule has 0 aromatic carbocycles. The summed E-state index contributed by atoms with van der Waals surface area (Å²) in [6.07, 6.45) is 6.43. The van der Waals surface area contributed by atoms with Crippen LogP contribution in [0.15, 0.2) is 24.5 Å². The molecule has 84 valence electrons. The molecule has 0 atom stereocenters. The van der Waals surface area contributed by atoms with Gasteiger partial charge in [0.15, 0.2) is 0 Å². The van der Waals surface area contributed by atoms with Crippen LogP contribution >= 0.6 is 0 Å². The van der Waals surface area contributed by atoms with Crippen molar-refractivity contribution in [3.63, 3.8) is 0 Å². The Hall–Kier alpha value is -1.35. The zero-order chi connectivity index (χ0) is 11.0. The zero-order valence-electron chi connectivity index (χ0n) is 9.52. The standard InChI is InChI=1S/C13H16N2O/c1-10-3-2-6-15-9-12(14-13(10)15)11-4-7-16-8-5-11/h2-3,6,9,11H,4-5,7-8H2,1H3. The lowest BCUT2D eigenvalue weighted by molar-refractivity contribution is 0.0846. The van der Waals surface area contributed by atoms with E-state index < -0.39 is 0 Å². The van der Waals surface area contributed by atoms with Gasteiger partial charge in [0.2, 0.25) is 0 Å². The highest BCUT2D eigenvalue weighted by Crippen LogP contribution is 2.26. The summed E-state index contributed by atoms with van der Waals surface area (Å²) < 4.78 is 7.51. The fourth-order valence-corrected chi connectivity index (χ4v) is 2.36. The van der Waals surface area contributed by atoms with Crippen LogP contribution in [0.3, 0.4) is 0 Å². The third-order valence-corrected chi connectivity index (χ3v) is 3.34. The van der Waals surface area contributed by atoms with E-state index in [1.165, 1.54) is 11.3 Å². The van der Waals surface area contributed by atoms with Gasteiger partial charge < -0.3 is 9.14 Å². The Kier molecular flexibility index (Phi) is 2.40. The van der Waals surface area contributed by atoms with Gasteiger partial charge in [-0.05, 0) is 31.4 Å². The summed E-state index contributed by atoms with van der Waals surface area (Å²) in [6.45, 7) is 3.85. The van der Waals surface area contributed by atoms with Crippen LogP contribution in [0.5, 0.6) is 0 Å². The average molecular weight is 216 g/mol. The maximum Gasteiger partial charge on any atom is 0.139 e. The summed E-state index contributed by atoms with van der Waals surface area (Å²) in [4.78, 5) is 4.74. The molecule has 0 radical (unpaired) electrons. The molecular weight excluding hydrogens is 200 g/mol. The van der Waals surface area contributed by atoms with E-state index in [2.05, 4.69) is 35.9 Å². The maximum absolute atomic E-state index is 5.38. The Labute approximate surface area is 95.1 Å².